The molecule has 0 fully saturated rings. The average molecular weight is 495 g/mol. The lowest BCUT2D eigenvalue weighted by Crippen LogP contribution is -2.23. The molecule has 0 bridgehead atoms. The minimum absolute atomic E-state index is 0.0215. The highest BCUT2D eigenvalue weighted by Crippen LogP contribution is 2.28. The third-order valence-electron chi connectivity index (χ3n) is 5.58. The number of carbonyl (C=O) groups excluding carboxylic acids is 1. The van der Waals surface area contributed by atoms with Crippen molar-refractivity contribution in [3.63, 3.8) is 0 Å². The van der Waals surface area contributed by atoms with Crippen molar-refractivity contribution >= 4 is 28.4 Å². The summed E-state index contributed by atoms with van der Waals surface area (Å²) in [5.41, 5.74) is 2.48. The second kappa shape index (κ2) is 10.4. The van der Waals surface area contributed by atoms with Crippen LogP contribution in [0.4, 0.5) is 8.78 Å². The van der Waals surface area contributed by atoms with Crippen molar-refractivity contribution in [3.8, 4) is 11.4 Å². The number of Topliss-reactive ketones (excluding diaryl/α,β-unsaturated/α-hetero) is 1. The molecule has 4 rings (SSSR count). The molecule has 0 aliphatic rings. The molecule has 0 unspecified atom stereocenters. The Hall–Kier alpha value is -3.52. The number of hydrogen-bond donors (Lipinski definition) is 0. The zero-order valence-electron chi connectivity index (χ0n) is 19.4. The maximum atomic E-state index is 13.5. The predicted octanol–water partition coefficient (Wildman–Crippen LogP) is 6.47. The quantitative estimate of drug-likeness (QED) is 0.160. The van der Waals surface area contributed by atoms with Gasteiger partial charge in [-0.3, -0.25) is 14.2 Å². The number of fused-ring (bicyclic) bond motifs is 1. The van der Waals surface area contributed by atoms with Gasteiger partial charge in [0.05, 0.1) is 21.8 Å². The zero-order chi connectivity index (χ0) is 25.1. The van der Waals surface area contributed by atoms with E-state index >= 15 is 0 Å². The Labute approximate surface area is 205 Å². The second-order valence-electron chi connectivity index (χ2n) is 8.33. The number of benzene rings is 3. The number of ketones is 1. The minimum Gasteiger partial charge on any atom is -0.435 e. The van der Waals surface area contributed by atoms with Crippen LogP contribution >= 0.6 is 11.8 Å². The number of carbonyl (C=O) groups is 1. The van der Waals surface area contributed by atoms with Crippen LogP contribution in [0.3, 0.4) is 0 Å². The van der Waals surface area contributed by atoms with Gasteiger partial charge in [-0.15, -0.1) is 0 Å². The van der Waals surface area contributed by atoms with Crippen LogP contribution in [0.2, 0.25) is 0 Å². The van der Waals surface area contributed by atoms with Crippen LogP contribution in [-0.4, -0.2) is 27.2 Å². The largest absolute Gasteiger partial charge is 0.435 e. The van der Waals surface area contributed by atoms with Crippen LogP contribution in [0, 0.1) is 0 Å². The van der Waals surface area contributed by atoms with Gasteiger partial charge in [0.25, 0.3) is 5.56 Å². The van der Waals surface area contributed by atoms with Gasteiger partial charge < -0.3 is 4.74 Å². The van der Waals surface area contributed by atoms with Crippen LogP contribution < -0.4 is 10.3 Å². The molecule has 5 nitrogen and oxygen atoms in total. The minimum atomic E-state index is -2.93. The SMILES string of the molecule is CC(C)c1ccc(-n2c(S[C@@H](C)C(=O)c3ccc(OC(F)F)cc3)nc3ccccc3c2=O)cc1. The van der Waals surface area contributed by atoms with Crippen molar-refractivity contribution in [1.29, 1.82) is 0 Å². The summed E-state index contributed by atoms with van der Waals surface area (Å²) in [5, 5.41) is 0.286. The third-order valence-corrected chi connectivity index (χ3v) is 6.63. The molecule has 0 aliphatic heterocycles. The molecule has 0 N–H and O–H groups in total. The molecule has 4 aromatic rings. The summed E-state index contributed by atoms with van der Waals surface area (Å²) >= 11 is 1.17. The molecule has 180 valence electrons. The van der Waals surface area contributed by atoms with Gasteiger partial charge in [-0.1, -0.05) is 49.9 Å². The number of thioether (sulfide) groups is 1. The summed E-state index contributed by atoms with van der Waals surface area (Å²) in [5.74, 6) is 0.105. The normalized spacial score (nSPS) is 12.3. The standard InChI is InChI=1S/C27H24F2N2O3S/c1-16(2)18-8-12-20(13-9-18)31-25(33)22-6-4-5-7-23(22)30-27(31)35-17(3)24(32)19-10-14-21(15-11-19)34-26(28)29/h4-17,26H,1-3H3/t17-/m0/s1. The number of rotatable bonds is 8. The van der Waals surface area contributed by atoms with Gasteiger partial charge in [-0.25, -0.2) is 4.98 Å². The number of alkyl halides is 2. The summed E-state index contributed by atoms with van der Waals surface area (Å²) in [4.78, 5) is 31.2. The van der Waals surface area contributed by atoms with Crippen molar-refractivity contribution in [2.75, 3.05) is 0 Å². The van der Waals surface area contributed by atoms with Crippen LogP contribution in [0.15, 0.2) is 82.7 Å². The summed E-state index contributed by atoms with van der Waals surface area (Å²) in [6.45, 7) is 2.99. The lowest BCUT2D eigenvalue weighted by molar-refractivity contribution is -0.0498. The highest BCUT2D eigenvalue weighted by molar-refractivity contribution is 8.00. The van der Waals surface area contributed by atoms with E-state index in [-0.39, 0.29) is 17.1 Å². The van der Waals surface area contributed by atoms with E-state index in [4.69, 9.17) is 4.98 Å². The lowest BCUT2D eigenvalue weighted by atomic mass is 10.0. The van der Waals surface area contributed by atoms with Crippen molar-refractivity contribution in [2.45, 2.75) is 43.7 Å². The van der Waals surface area contributed by atoms with Gasteiger partial charge in [0.1, 0.15) is 5.75 Å². The molecule has 35 heavy (non-hydrogen) atoms. The fourth-order valence-corrected chi connectivity index (χ4v) is 4.68. The molecule has 0 spiro atoms. The van der Waals surface area contributed by atoms with Crippen molar-refractivity contribution in [1.82, 2.24) is 9.55 Å². The van der Waals surface area contributed by atoms with Gasteiger partial charge in [0, 0.05) is 5.56 Å². The third kappa shape index (κ3) is 5.43. The molecule has 0 aliphatic carbocycles. The highest BCUT2D eigenvalue weighted by atomic mass is 32.2. The Morgan fingerprint density at radius 2 is 1.60 bits per heavy atom. The van der Waals surface area contributed by atoms with Gasteiger partial charge >= 0.3 is 6.61 Å². The van der Waals surface area contributed by atoms with Gasteiger partial charge in [-0.05, 0) is 66.9 Å². The Bertz CT molecular complexity index is 1400. The molecule has 0 saturated carbocycles. The molecule has 0 radical (unpaired) electrons. The van der Waals surface area contributed by atoms with E-state index in [0.29, 0.717) is 33.2 Å². The Balaban J connectivity index is 1.70. The van der Waals surface area contributed by atoms with Gasteiger partial charge in [-0.2, -0.15) is 8.78 Å². The second-order valence-corrected chi connectivity index (χ2v) is 9.63. The Morgan fingerprint density at radius 3 is 2.23 bits per heavy atom. The van der Waals surface area contributed by atoms with Crippen molar-refractivity contribution in [2.24, 2.45) is 0 Å². The maximum absolute atomic E-state index is 13.5. The predicted molar refractivity (Wildman–Crippen MR) is 134 cm³/mol. The molecule has 0 amide bonds. The molecule has 3 aromatic carbocycles. The molecular weight excluding hydrogens is 470 g/mol. The average Bonchev–Trinajstić information content (AvgIpc) is 2.84. The summed E-state index contributed by atoms with van der Waals surface area (Å²) < 4.78 is 30.7. The summed E-state index contributed by atoms with van der Waals surface area (Å²) in [6.07, 6.45) is 0. The number of para-hydroxylation sites is 1. The van der Waals surface area contributed by atoms with E-state index in [0.717, 1.165) is 5.56 Å². The first-order valence-corrected chi connectivity index (χ1v) is 12.0. The highest BCUT2D eigenvalue weighted by Gasteiger charge is 2.22. The molecule has 8 heteroatoms. The first-order chi connectivity index (χ1) is 16.7. The maximum Gasteiger partial charge on any atom is 0.387 e. The van der Waals surface area contributed by atoms with E-state index in [9.17, 15) is 18.4 Å². The Kier molecular flexibility index (Phi) is 7.31. The number of ether oxygens (including phenoxy) is 1. The van der Waals surface area contributed by atoms with E-state index in [1.165, 1.54) is 40.6 Å². The smallest absolute Gasteiger partial charge is 0.387 e. The number of halogens is 2. The van der Waals surface area contributed by atoms with Crippen molar-refractivity contribution < 1.29 is 18.3 Å². The van der Waals surface area contributed by atoms with Gasteiger partial charge in [0.15, 0.2) is 10.9 Å². The fourth-order valence-electron chi connectivity index (χ4n) is 3.67. The zero-order valence-corrected chi connectivity index (χ0v) is 20.3. The number of aromatic nitrogens is 2. The lowest BCUT2D eigenvalue weighted by Gasteiger charge is -2.17. The first-order valence-electron chi connectivity index (χ1n) is 11.1. The van der Waals surface area contributed by atoms with Crippen LogP contribution in [0.5, 0.6) is 5.75 Å². The van der Waals surface area contributed by atoms with Crippen LogP contribution in [0.1, 0.15) is 42.6 Å². The van der Waals surface area contributed by atoms with Gasteiger partial charge in [0.2, 0.25) is 0 Å². The molecule has 1 heterocycles. The van der Waals surface area contributed by atoms with Crippen LogP contribution in [0.25, 0.3) is 16.6 Å². The monoisotopic (exact) mass is 494 g/mol. The summed E-state index contributed by atoms with van der Waals surface area (Å²) in [7, 11) is 0. The van der Waals surface area contributed by atoms with Crippen LogP contribution in [-0.2, 0) is 0 Å². The van der Waals surface area contributed by atoms with E-state index in [2.05, 4.69) is 18.6 Å². The summed E-state index contributed by atoms with van der Waals surface area (Å²) in [6, 6.07) is 20.4. The Morgan fingerprint density at radius 1 is 0.943 bits per heavy atom. The topological polar surface area (TPSA) is 61.2 Å². The molecular formula is C27H24F2N2O3S. The number of nitrogens with zero attached hydrogens (tertiary/aromatic N) is 2. The van der Waals surface area contributed by atoms with E-state index in [1.54, 1.807) is 25.1 Å². The molecule has 1 aromatic heterocycles. The molecule has 0 saturated heterocycles. The fraction of sp³-hybridized carbons (Fsp3) is 0.222. The van der Waals surface area contributed by atoms with E-state index in [1.807, 2.05) is 30.3 Å². The van der Waals surface area contributed by atoms with E-state index < -0.39 is 11.9 Å². The first kappa shape index (κ1) is 24.6. The van der Waals surface area contributed by atoms with Crippen molar-refractivity contribution in [3.05, 3.63) is 94.3 Å². The number of hydrogen-bond acceptors (Lipinski definition) is 5. The molecule has 1 atom stereocenters.